The third-order valence-electron chi connectivity index (χ3n) is 4.84. The normalized spacial score (nSPS) is 27.6. The maximum Gasteiger partial charge on any atom is 0.166 e. The summed E-state index contributed by atoms with van der Waals surface area (Å²) < 4.78 is 5.61. The Labute approximate surface area is 144 Å². The van der Waals surface area contributed by atoms with Crippen LogP contribution >= 0.6 is 12.2 Å². The molecular formula is C18H28N3OS+. The first-order valence-corrected chi connectivity index (χ1v) is 9.24. The smallest absolute Gasteiger partial charge is 0.166 e. The zero-order valence-electron chi connectivity index (χ0n) is 13.7. The largest absolute Gasteiger partial charge is 0.376 e. The summed E-state index contributed by atoms with van der Waals surface area (Å²) in [5.74, 6) is 0. The van der Waals surface area contributed by atoms with Gasteiger partial charge in [-0.3, -0.25) is 0 Å². The van der Waals surface area contributed by atoms with E-state index in [0.29, 0.717) is 12.1 Å². The van der Waals surface area contributed by atoms with Crippen molar-refractivity contribution in [2.24, 2.45) is 0 Å². The monoisotopic (exact) mass is 334 g/mol. The van der Waals surface area contributed by atoms with Crippen LogP contribution in [-0.2, 0) is 11.3 Å². The van der Waals surface area contributed by atoms with Gasteiger partial charge in [0.2, 0.25) is 0 Å². The van der Waals surface area contributed by atoms with E-state index in [1.807, 2.05) is 0 Å². The Hall–Kier alpha value is -1.17. The highest BCUT2D eigenvalue weighted by Gasteiger charge is 2.23. The molecule has 2 aliphatic heterocycles. The molecule has 0 saturated carbocycles. The lowest BCUT2D eigenvalue weighted by Gasteiger charge is -2.30. The SMILES string of the molecule is S=C(NCC1CCCO1)NC1CC[NH+](Cc2ccccc2)CC1. The lowest BCUT2D eigenvalue weighted by molar-refractivity contribution is -0.918. The average Bonchev–Trinajstić information content (AvgIpc) is 3.09. The summed E-state index contributed by atoms with van der Waals surface area (Å²) in [6.07, 6.45) is 5.03. The Bertz CT molecular complexity index is 482. The number of ether oxygens (including phenoxy) is 1. The van der Waals surface area contributed by atoms with Gasteiger partial charge in [0.25, 0.3) is 0 Å². The summed E-state index contributed by atoms with van der Waals surface area (Å²) in [6, 6.07) is 11.3. The molecule has 5 heteroatoms. The van der Waals surface area contributed by atoms with Gasteiger partial charge in [-0.25, -0.2) is 0 Å². The van der Waals surface area contributed by atoms with Crippen LogP contribution in [0.5, 0.6) is 0 Å². The van der Waals surface area contributed by atoms with Crippen molar-refractivity contribution in [3.8, 4) is 0 Å². The van der Waals surface area contributed by atoms with Crippen LogP contribution in [-0.4, -0.2) is 43.5 Å². The molecule has 0 amide bonds. The van der Waals surface area contributed by atoms with Crippen molar-refractivity contribution >= 4 is 17.3 Å². The number of nitrogens with one attached hydrogen (secondary N) is 3. The van der Waals surface area contributed by atoms with E-state index in [1.165, 1.54) is 37.9 Å². The van der Waals surface area contributed by atoms with Gasteiger partial charge in [-0.15, -0.1) is 0 Å². The van der Waals surface area contributed by atoms with Gasteiger partial charge in [0, 0.05) is 37.6 Å². The minimum Gasteiger partial charge on any atom is -0.376 e. The van der Waals surface area contributed by atoms with Gasteiger partial charge in [0.05, 0.1) is 19.2 Å². The van der Waals surface area contributed by atoms with E-state index in [2.05, 4.69) is 41.0 Å². The van der Waals surface area contributed by atoms with Crippen LogP contribution in [0.3, 0.4) is 0 Å². The van der Waals surface area contributed by atoms with Crippen molar-refractivity contribution < 1.29 is 9.64 Å². The third-order valence-corrected chi connectivity index (χ3v) is 5.10. The molecule has 0 spiro atoms. The van der Waals surface area contributed by atoms with Crippen molar-refractivity contribution in [3.63, 3.8) is 0 Å². The Morgan fingerprint density at radius 3 is 2.65 bits per heavy atom. The topological polar surface area (TPSA) is 37.7 Å². The number of hydrogen-bond acceptors (Lipinski definition) is 2. The molecule has 4 nitrogen and oxygen atoms in total. The minimum atomic E-state index is 0.340. The lowest BCUT2D eigenvalue weighted by Crippen LogP contribution is -3.12. The van der Waals surface area contributed by atoms with E-state index in [-0.39, 0.29) is 0 Å². The second-order valence-corrected chi connectivity index (χ2v) is 7.08. The number of quaternary nitrogens is 1. The number of piperidine rings is 1. The molecule has 1 aromatic carbocycles. The fraction of sp³-hybridized carbons (Fsp3) is 0.611. The number of benzene rings is 1. The van der Waals surface area contributed by atoms with Crippen molar-refractivity contribution in [1.29, 1.82) is 0 Å². The second-order valence-electron chi connectivity index (χ2n) is 6.68. The molecule has 126 valence electrons. The zero-order valence-corrected chi connectivity index (χ0v) is 14.5. The van der Waals surface area contributed by atoms with E-state index in [9.17, 15) is 0 Å². The minimum absolute atomic E-state index is 0.340. The second kappa shape index (κ2) is 8.62. The Kier molecular flexibility index (Phi) is 6.25. The van der Waals surface area contributed by atoms with E-state index in [0.717, 1.165) is 31.2 Å². The molecular weight excluding hydrogens is 306 g/mol. The summed E-state index contributed by atoms with van der Waals surface area (Å²) in [5, 5.41) is 7.58. The molecule has 0 aromatic heterocycles. The van der Waals surface area contributed by atoms with Gasteiger partial charge in [-0.1, -0.05) is 30.3 Å². The average molecular weight is 335 g/mol. The maximum absolute atomic E-state index is 5.61. The highest BCUT2D eigenvalue weighted by atomic mass is 32.1. The number of thiocarbonyl (C=S) groups is 1. The summed E-state index contributed by atoms with van der Waals surface area (Å²) >= 11 is 5.42. The quantitative estimate of drug-likeness (QED) is 0.699. The van der Waals surface area contributed by atoms with Crippen molar-refractivity contribution in [2.75, 3.05) is 26.2 Å². The third kappa shape index (κ3) is 5.44. The van der Waals surface area contributed by atoms with E-state index in [4.69, 9.17) is 17.0 Å². The van der Waals surface area contributed by atoms with Crippen LogP contribution in [0.2, 0.25) is 0 Å². The Morgan fingerprint density at radius 2 is 1.96 bits per heavy atom. The summed E-state index contributed by atoms with van der Waals surface area (Å²) in [7, 11) is 0. The molecule has 2 aliphatic rings. The van der Waals surface area contributed by atoms with Crippen molar-refractivity contribution in [2.45, 2.75) is 44.4 Å². The first-order valence-electron chi connectivity index (χ1n) is 8.83. The van der Waals surface area contributed by atoms with Gasteiger partial charge in [-0.05, 0) is 25.1 Å². The molecule has 1 unspecified atom stereocenters. The van der Waals surface area contributed by atoms with Crippen LogP contribution in [0.15, 0.2) is 30.3 Å². The standard InChI is InChI=1S/C18H27N3OS/c23-18(19-13-17-7-4-12-22-17)20-16-8-10-21(11-9-16)14-15-5-2-1-3-6-15/h1-3,5-6,16-17H,4,7-14H2,(H2,19,20,23)/p+1. The summed E-state index contributed by atoms with van der Waals surface area (Å²) in [4.78, 5) is 1.67. The Morgan fingerprint density at radius 1 is 1.17 bits per heavy atom. The molecule has 3 N–H and O–H groups in total. The molecule has 0 bridgehead atoms. The molecule has 1 atom stereocenters. The fourth-order valence-corrected chi connectivity index (χ4v) is 3.73. The highest BCUT2D eigenvalue weighted by Crippen LogP contribution is 2.10. The molecule has 0 aliphatic carbocycles. The summed E-state index contributed by atoms with van der Waals surface area (Å²) in [6.45, 7) is 5.29. The Balaban J connectivity index is 1.33. The lowest BCUT2D eigenvalue weighted by atomic mass is 10.0. The maximum atomic E-state index is 5.61. The number of likely N-dealkylation sites (tertiary alicyclic amines) is 1. The molecule has 3 rings (SSSR count). The van der Waals surface area contributed by atoms with Crippen molar-refractivity contribution in [3.05, 3.63) is 35.9 Å². The number of rotatable bonds is 5. The van der Waals surface area contributed by atoms with Crippen LogP contribution in [0.1, 0.15) is 31.2 Å². The fourth-order valence-electron chi connectivity index (χ4n) is 3.48. The van der Waals surface area contributed by atoms with E-state index < -0.39 is 0 Å². The van der Waals surface area contributed by atoms with Gasteiger partial charge >= 0.3 is 0 Å². The van der Waals surface area contributed by atoms with Crippen LogP contribution < -0.4 is 15.5 Å². The molecule has 1 aromatic rings. The predicted octanol–water partition coefficient (Wildman–Crippen LogP) is 0.877. The first-order chi connectivity index (χ1) is 11.3. The molecule has 2 saturated heterocycles. The van der Waals surface area contributed by atoms with Crippen molar-refractivity contribution in [1.82, 2.24) is 10.6 Å². The van der Waals surface area contributed by atoms with Crippen LogP contribution in [0.25, 0.3) is 0 Å². The van der Waals surface area contributed by atoms with Gasteiger partial charge in [0.1, 0.15) is 6.54 Å². The van der Waals surface area contributed by atoms with E-state index in [1.54, 1.807) is 4.90 Å². The van der Waals surface area contributed by atoms with Gasteiger partial charge in [-0.2, -0.15) is 0 Å². The predicted molar refractivity (Wildman–Crippen MR) is 96.6 cm³/mol. The molecule has 23 heavy (non-hydrogen) atoms. The zero-order chi connectivity index (χ0) is 15.9. The molecule has 2 heterocycles. The summed E-state index contributed by atoms with van der Waals surface area (Å²) in [5.41, 5.74) is 1.43. The molecule has 2 fully saturated rings. The van der Waals surface area contributed by atoms with Crippen LogP contribution in [0.4, 0.5) is 0 Å². The van der Waals surface area contributed by atoms with E-state index >= 15 is 0 Å². The van der Waals surface area contributed by atoms with Gasteiger partial charge in [0.15, 0.2) is 5.11 Å². The number of hydrogen-bond donors (Lipinski definition) is 3. The first kappa shape index (κ1) is 16.7. The highest BCUT2D eigenvalue weighted by molar-refractivity contribution is 7.80. The molecule has 0 radical (unpaired) electrons. The van der Waals surface area contributed by atoms with Gasteiger partial charge < -0.3 is 20.3 Å². The van der Waals surface area contributed by atoms with Crippen LogP contribution in [0, 0.1) is 0 Å².